The van der Waals surface area contributed by atoms with E-state index < -0.39 is 0 Å². The zero-order valence-corrected chi connectivity index (χ0v) is 10.8. The molecule has 0 aromatic rings. The molecule has 0 heterocycles. The lowest BCUT2D eigenvalue weighted by Crippen LogP contribution is -2.44. The fraction of sp³-hybridized carbons (Fsp3) is 1.00. The quantitative estimate of drug-likeness (QED) is 0.562. The molecule has 1 rings (SSSR count). The summed E-state index contributed by atoms with van der Waals surface area (Å²) in [6.45, 7) is 5.33. The Balaban J connectivity index is 2.46. The van der Waals surface area contributed by atoms with Gasteiger partial charge >= 0.3 is 0 Å². The highest BCUT2D eigenvalue weighted by Crippen LogP contribution is 2.26. The van der Waals surface area contributed by atoms with Crippen LogP contribution in [0.4, 0.5) is 0 Å². The first-order valence-corrected chi connectivity index (χ1v) is 6.78. The first kappa shape index (κ1) is 13.9. The van der Waals surface area contributed by atoms with Gasteiger partial charge in [-0.25, -0.2) is 0 Å². The molecule has 0 spiro atoms. The fourth-order valence-corrected chi connectivity index (χ4v) is 2.52. The highest BCUT2D eigenvalue weighted by atomic mass is 16.7. The highest BCUT2D eigenvalue weighted by Gasteiger charge is 2.27. The van der Waals surface area contributed by atoms with Crippen molar-refractivity contribution in [2.45, 2.75) is 64.7 Å². The van der Waals surface area contributed by atoms with E-state index in [1.54, 1.807) is 0 Å². The molecule has 1 atom stereocenters. The summed E-state index contributed by atoms with van der Waals surface area (Å²) in [6, 6.07) is 0.0398. The Kier molecular flexibility index (Phi) is 7.01. The highest BCUT2D eigenvalue weighted by molar-refractivity contribution is 4.78. The maximum absolute atomic E-state index is 6.28. The molecule has 1 unspecified atom stereocenters. The molecule has 0 radical (unpaired) electrons. The molecule has 0 aromatic heterocycles. The van der Waals surface area contributed by atoms with Crippen LogP contribution in [0.5, 0.6) is 0 Å². The molecular weight excluding hydrogens is 202 g/mol. The minimum Gasteiger partial charge on any atom is -0.351 e. The average Bonchev–Trinajstić information content (AvgIpc) is 2.56. The summed E-state index contributed by atoms with van der Waals surface area (Å²) in [4.78, 5) is 0. The van der Waals surface area contributed by atoms with Crippen molar-refractivity contribution in [1.29, 1.82) is 0 Å². The number of nitrogens with two attached hydrogens (primary N) is 1. The standard InChI is InChI=1S/C13H27NO2/c1-3-15-13(16-4-2)12(14)11-9-7-5-6-8-10-11/h11-13H,3-10,14H2,1-2H3. The van der Waals surface area contributed by atoms with Crippen molar-refractivity contribution in [3.8, 4) is 0 Å². The normalized spacial score (nSPS) is 21.0. The molecule has 0 saturated heterocycles. The van der Waals surface area contributed by atoms with E-state index in [1.807, 2.05) is 13.8 Å². The lowest BCUT2D eigenvalue weighted by Gasteiger charge is -2.29. The smallest absolute Gasteiger partial charge is 0.172 e. The third-order valence-electron chi connectivity index (χ3n) is 3.42. The van der Waals surface area contributed by atoms with E-state index in [4.69, 9.17) is 15.2 Å². The average molecular weight is 229 g/mol. The van der Waals surface area contributed by atoms with Gasteiger partial charge in [-0.3, -0.25) is 0 Å². The summed E-state index contributed by atoms with van der Waals surface area (Å²) >= 11 is 0. The molecule has 16 heavy (non-hydrogen) atoms. The van der Waals surface area contributed by atoms with Gasteiger partial charge in [-0.1, -0.05) is 25.7 Å². The van der Waals surface area contributed by atoms with Crippen molar-refractivity contribution >= 4 is 0 Å². The van der Waals surface area contributed by atoms with Gasteiger partial charge in [-0.2, -0.15) is 0 Å². The van der Waals surface area contributed by atoms with Crippen LogP contribution in [0.3, 0.4) is 0 Å². The fourth-order valence-electron chi connectivity index (χ4n) is 2.52. The maximum atomic E-state index is 6.28. The molecule has 3 nitrogen and oxygen atoms in total. The lowest BCUT2D eigenvalue weighted by molar-refractivity contribution is -0.156. The van der Waals surface area contributed by atoms with Gasteiger partial charge in [0, 0.05) is 13.2 Å². The monoisotopic (exact) mass is 229 g/mol. The van der Waals surface area contributed by atoms with Gasteiger partial charge in [0.2, 0.25) is 0 Å². The number of rotatable bonds is 6. The van der Waals surface area contributed by atoms with Crippen LogP contribution >= 0.6 is 0 Å². The summed E-state index contributed by atoms with van der Waals surface area (Å²) < 4.78 is 11.2. The lowest BCUT2D eigenvalue weighted by atomic mass is 9.92. The van der Waals surface area contributed by atoms with E-state index in [0.29, 0.717) is 19.1 Å². The SMILES string of the molecule is CCOC(OCC)C(N)C1CCCCCC1. The van der Waals surface area contributed by atoms with Crippen LogP contribution in [0.25, 0.3) is 0 Å². The molecule has 0 bridgehead atoms. The van der Waals surface area contributed by atoms with Crippen LogP contribution in [0, 0.1) is 5.92 Å². The Labute approximate surface area is 99.7 Å². The van der Waals surface area contributed by atoms with E-state index in [9.17, 15) is 0 Å². The molecule has 96 valence electrons. The van der Waals surface area contributed by atoms with Gasteiger partial charge in [0.25, 0.3) is 0 Å². The predicted molar refractivity (Wildman–Crippen MR) is 66.2 cm³/mol. The Morgan fingerprint density at radius 3 is 1.94 bits per heavy atom. The molecule has 3 heteroatoms. The van der Waals surface area contributed by atoms with Gasteiger partial charge in [-0.05, 0) is 32.6 Å². The van der Waals surface area contributed by atoms with Crippen molar-refractivity contribution in [2.24, 2.45) is 11.7 Å². The minimum atomic E-state index is -0.210. The Bertz CT molecular complexity index is 159. The second-order valence-electron chi connectivity index (χ2n) is 4.61. The van der Waals surface area contributed by atoms with Gasteiger partial charge < -0.3 is 15.2 Å². The molecule has 1 aliphatic rings. The molecular formula is C13H27NO2. The first-order valence-electron chi connectivity index (χ1n) is 6.78. The molecule has 1 fully saturated rings. The number of hydrogen-bond acceptors (Lipinski definition) is 3. The largest absolute Gasteiger partial charge is 0.351 e. The van der Waals surface area contributed by atoms with E-state index in [1.165, 1.54) is 38.5 Å². The van der Waals surface area contributed by atoms with Crippen LogP contribution < -0.4 is 5.73 Å². The molecule has 0 amide bonds. The van der Waals surface area contributed by atoms with E-state index in [2.05, 4.69) is 0 Å². The van der Waals surface area contributed by atoms with Gasteiger partial charge in [0.15, 0.2) is 6.29 Å². The Morgan fingerprint density at radius 1 is 1.00 bits per heavy atom. The summed E-state index contributed by atoms with van der Waals surface area (Å²) in [7, 11) is 0. The summed E-state index contributed by atoms with van der Waals surface area (Å²) in [5, 5.41) is 0. The number of ether oxygens (including phenoxy) is 2. The Morgan fingerprint density at radius 2 is 1.50 bits per heavy atom. The van der Waals surface area contributed by atoms with Crippen LogP contribution in [0.2, 0.25) is 0 Å². The minimum absolute atomic E-state index is 0.0398. The molecule has 0 aromatic carbocycles. The van der Waals surface area contributed by atoms with Gasteiger partial charge in [-0.15, -0.1) is 0 Å². The third kappa shape index (κ3) is 4.40. The van der Waals surface area contributed by atoms with E-state index >= 15 is 0 Å². The zero-order valence-electron chi connectivity index (χ0n) is 10.8. The first-order chi connectivity index (χ1) is 7.79. The topological polar surface area (TPSA) is 44.5 Å². The van der Waals surface area contributed by atoms with Gasteiger partial charge in [0.05, 0.1) is 6.04 Å². The summed E-state index contributed by atoms with van der Waals surface area (Å²) in [5.74, 6) is 0.575. The van der Waals surface area contributed by atoms with Gasteiger partial charge in [0.1, 0.15) is 0 Å². The zero-order chi connectivity index (χ0) is 11.8. The second kappa shape index (κ2) is 8.04. The van der Waals surface area contributed by atoms with Crippen molar-refractivity contribution in [3.05, 3.63) is 0 Å². The summed E-state index contributed by atoms with van der Waals surface area (Å²) in [6.07, 6.45) is 7.59. The van der Waals surface area contributed by atoms with Crippen molar-refractivity contribution in [2.75, 3.05) is 13.2 Å². The van der Waals surface area contributed by atoms with Crippen molar-refractivity contribution < 1.29 is 9.47 Å². The van der Waals surface area contributed by atoms with Crippen molar-refractivity contribution in [3.63, 3.8) is 0 Å². The van der Waals surface area contributed by atoms with Crippen LogP contribution in [0.15, 0.2) is 0 Å². The number of hydrogen-bond donors (Lipinski definition) is 1. The third-order valence-corrected chi connectivity index (χ3v) is 3.42. The van der Waals surface area contributed by atoms with Crippen LogP contribution in [-0.2, 0) is 9.47 Å². The molecule has 1 aliphatic carbocycles. The second-order valence-corrected chi connectivity index (χ2v) is 4.61. The predicted octanol–water partition coefficient (Wildman–Crippen LogP) is 2.68. The van der Waals surface area contributed by atoms with Crippen LogP contribution in [0.1, 0.15) is 52.4 Å². The van der Waals surface area contributed by atoms with E-state index in [-0.39, 0.29) is 12.3 Å². The molecule has 1 saturated carbocycles. The molecule has 2 N–H and O–H groups in total. The maximum Gasteiger partial charge on any atom is 0.172 e. The van der Waals surface area contributed by atoms with E-state index in [0.717, 1.165) is 0 Å². The Hall–Kier alpha value is -0.120. The van der Waals surface area contributed by atoms with Crippen molar-refractivity contribution in [1.82, 2.24) is 0 Å². The molecule has 0 aliphatic heterocycles. The van der Waals surface area contributed by atoms with Crippen LogP contribution in [-0.4, -0.2) is 25.5 Å². The summed E-state index contributed by atoms with van der Waals surface area (Å²) in [5.41, 5.74) is 6.28.